The summed E-state index contributed by atoms with van der Waals surface area (Å²) in [6, 6.07) is 17.4. The molecule has 0 aliphatic carbocycles. The van der Waals surface area contributed by atoms with Crippen LogP contribution in [-0.2, 0) is 19.0 Å². The summed E-state index contributed by atoms with van der Waals surface area (Å²) < 4.78 is 36.1. The Hall–Kier alpha value is -2.77. The van der Waals surface area contributed by atoms with E-state index >= 15 is 0 Å². The second kappa shape index (κ2) is 17.1. The van der Waals surface area contributed by atoms with E-state index in [4.69, 9.17) is 28.4 Å². The number of rotatable bonds is 21. The molecule has 1 unspecified atom stereocenters. The van der Waals surface area contributed by atoms with Crippen molar-refractivity contribution in [3.05, 3.63) is 54.6 Å². The summed E-state index contributed by atoms with van der Waals surface area (Å²) >= 11 is 0. The third kappa shape index (κ3) is 13.1. The summed E-state index contributed by atoms with van der Waals surface area (Å²) in [7, 11) is 0. The predicted molar refractivity (Wildman–Crippen MR) is 177 cm³/mol. The van der Waals surface area contributed by atoms with Crippen molar-refractivity contribution in [3.63, 3.8) is 0 Å². The van der Waals surface area contributed by atoms with Gasteiger partial charge in [0.1, 0.15) is 22.8 Å². The Morgan fingerprint density at radius 3 is 1.98 bits per heavy atom. The molecule has 0 radical (unpaired) electrons. The number of carbonyl (C=O) groups is 1. The molecule has 0 aliphatic heterocycles. The van der Waals surface area contributed by atoms with Gasteiger partial charge in [-0.1, -0.05) is 44.5 Å². The van der Waals surface area contributed by atoms with Crippen LogP contribution in [0.2, 0.25) is 0 Å². The standard InChI is InChI=1S/C37H58O7/c1-11-39-32-20-17-21-33(26-32)40-25-23-35(5,6)42-24-16-15-22-34(3,4)37(9,10)43-28-30(36(7,8)44-29(2)38)27-41-31-18-13-12-14-19-31/h12-14,17-21,26,30H,11,15-16,22-25,27-28H2,1-10H3. The minimum Gasteiger partial charge on any atom is -0.494 e. The number of benzene rings is 2. The molecule has 0 spiro atoms. The molecular weight excluding hydrogens is 556 g/mol. The van der Waals surface area contributed by atoms with Crippen LogP contribution < -0.4 is 14.2 Å². The van der Waals surface area contributed by atoms with E-state index in [1.54, 1.807) is 0 Å². The summed E-state index contributed by atoms with van der Waals surface area (Å²) in [4.78, 5) is 11.8. The van der Waals surface area contributed by atoms with E-state index in [9.17, 15) is 4.79 Å². The number of esters is 1. The highest BCUT2D eigenvalue weighted by molar-refractivity contribution is 5.66. The lowest BCUT2D eigenvalue weighted by Crippen LogP contribution is -2.47. The van der Waals surface area contributed by atoms with Gasteiger partial charge in [-0.05, 0) is 91.0 Å². The van der Waals surface area contributed by atoms with Gasteiger partial charge in [-0.3, -0.25) is 4.79 Å². The third-order valence-corrected chi connectivity index (χ3v) is 8.64. The average molecular weight is 615 g/mol. The first-order chi connectivity index (χ1) is 20.6. The summed E-state index contributed by atoms with van der Waals surface area (Å²) in [5.41, 5.74) is -1.53. The fourth-order valence-corrected chi connectivity index (χ4v) is 4.75. The zero-order valence-corrected chi connectivity index (χ0v) is 29.0. The van der Waals surface area contributed by atoms with E-state index in [1.807, 2.05) is 75.4 Å². The smallest absolute Gasteiger partial charge is 0.303 e. The van der Waals surface area contributed by atoms with Crippen LogP contribution in [0.5, 0.6) is 17.2 Å². The molecule has 2 rings (SSSR count). The van der Waals surface area contributed by atoms with E-state index in [2.05, 4.69) is 41.5 Å². The minimum absolute atomic E-state index is 0.0944. The fraction of sp³-hybridized carbons (Fsp3) is 0.649. The van der Waals surface area contributed by atoms with Crippen molar-refractivity contribution in [2.45, 2.75) is 112 Å². The van der Waals surface area contributed by atoms with Gasteiger partial charge in [0.15, 0.2) is 0 Å². The molecule has 0 saturated heterocycles. The lowest BCUT2D eigenvalue weighted by atomic mass is 9.73. The van der Waals surface area contributed by atoms with Crippen LogP contribution >= 0.6 is 0 Å². The van der Waals surface area contributed by atoms with Gasteiger partial charge in [0.25, 0.3) is 0 Å². The Morgan fingerprint density at radius 1 is 0.705 bits per heavy atom. The molecule has 7 heteroatoms. The van der Waals surface area contributed by atoms with Gasteiger partial charge >= 0.3 is 5.97 Å². The largest absolute Gasteiger partial charge is 0.494 e. The highest BCUT2D eigenvalue weighted by Crippen LogP contribution is 2.39. The van der Waals surface area contributed by atoms with Crippen molar-refractivity contribution in [2.75, 3.05) is 33.0 Å². The predicted octanol–water partition coefficient (Wildman–Crippen LogP) is 8.68. The first kappa shape index (κ1) is 37.4. The van der Waals surface area contributed by atoms with Gasteiger partial charge in [-0.15, -0.1) is 0 Å². The highest BCUT2D eigenvalue weighted by atomic mass is 16.6. The molecule has 1 atom stereocenters. The Morgan fingerprint density at radius 2 is 1.34 bits per heavy atom. The van der Waals surface area contributed by atoms with E-state index in [1.165, 1.54) is 6.92 Å². The molecule has 0 amide bonds. The van der Waals surface area contributed by atoms with Crippen molar-refractivity contribution < 1.29 is 33.2 Å². The van der Waals surface area contributed by atoms with Crippen molar-refractivity contribution in [1.29, 1.82) is 0 Å². The monoisotopic (exact) mass is 614 g/mol. The molecule has 0 fully saturated rings. The van der Waals surface area contributed by atoms with Crippen molar-refractivity contribution >= 4 is 5.97 Å². The topological polar surface area (TPSA) is 72.5 Å². The molecule has 0 saturated carbocycles. The zero-order chi connectivity index (χ0) is 32.9. The zero-order valence-electron chi connectivity index (χ0n) is 29.0. The summed E-state index contributed by atoms with van der Waals surface area (Å²) in [6.45, 7) is 22.9. The first-order valence-electron chi connectivity index (χ1n) is 16.1. The second-order valence-electron chi connectivity index (χ2n) is 13.8. The molecule has 7 nitrogen and oxygen atoms in total. The number of hydrogen-bond acceptors (Lipinski definition) is 7. The van der Waals surface area contributed by atoms with Crippen LogP contribution in [0, 0.1) is 11.3 Å². The molecule has 248 valence electrons. The van der Waals surface area contributed by atoms with Gasteiger partial charge in [-0.25, -0.2) is 0 Å². The van der Waals surface area contributed by atoms with Crippen LogP contribution in [0.3, 0.4) is 0 Å². The third-order valence-electron chi connectivity index (χ3n) is 8.64. The van der Waals surface area contributed by atoms with E-state index in [-0.39, 0.29) is 22.9 Å². The lowest BCUT2D eigenvalue weighted by molar-refractivity contribution is -0.172. The molecule has 0 bridgehead atoms. The van der Waals surface area contributed by atoms with Crippen molar-refractivity contribution in [2.24, 2.45) is 11.3 Å². The fourth-order valence-electron chi connectivity index (χ4n) is 4.75. The normalized spacial score (nSPS) is 13.3. The number of ether oxygens (including phenoxy) is 6. The molecule has 0 N–H and O–H groups in total. The van der Waals surface area contributed by atoms with Crippen LogP contribution in [0.4, 0.5) is 0 Å². The molecule has 2 aromatic rings. The van der Waals surface area contributed by atoms with E-state index < -0.39 is 11.2 Å². The van der Waals surface area contributed by atoms with Gasteiger partial charge in [0, 0.05) is 26.0 Å². The second-order valence-corrected chi connectivity index (χ2v) is 13.8. The maximum absolute atomic E-state index is 11.8. The van der Waals surface area contributed by atoms with Crippen LogP contribution in [0.1, 0.15) is 94.9 Å². The maximum atomic E-state index is 11.8. The summed E-state index contributed by atoms with van der Waals surface area (Å²) in [6.07, 6.45) is 3.77. The maximum Gasteiger partial charge on any atom is 0.303 e. The minimum atomic E-state index is -0.747. The Kier molecular flexibility index (Phi) is 14.5. The van der Waals surface area contributed by atoms with Gasteiger partial charge in [0.2, 0.25) is 0 Å². The Bertz CT molecular complexity index is 1110. The number of unbranched alkanes of at least 4 members (excludes halogenated alkanes) is 1. The molecule has 0 aromatic heterocycles. The number of hydrogen-bond donors (Lipinski definition) is 0. The van der Waals surface area contributed by atoms with Crippen molar-refractivity contribution in [3.8, 4) is 17.2 Å². The van der Waals surface area contributed by atoms with E-state index in [0.29, 0.717) is 33.0 Å². The molecular formula is C37H58O7. The van der Waals surface area contributed by atoms with Crippen molar-refractivity contribution in [1.82, 2.24) is 0 Å². The van der Waals surface area contributed by atoms with Crippen LogP contribution in [-0.4, -0.2) is 55.8 Å². The lowest BCUT2D eigenvalue weighted by Gasteiger charge is -2.44. The van der Waals surface area contributed by atoms with E-state index in [0.717, 1.165) is 42.9 Å². The first-order valence-corrected chi connectivity index (χ1v) is 16.1. The molecule has 44 heavy (non-hydrogen) atoms. The van der Waals surface area contributed by atoms with Crippen LogP contribution in [0.25, 0.3) is 0 Å². The highest BCUT2D eigenvalue weighted by Gasteiger charge is 2.41. The Balaban J connectivity index is 1.81. The molecule has 2 aromatic carbocycles. The van der Waals surface area contributed by atoms with Gasteiger partial charge in [0.05, 0.1) is 43.5 Å². The SMILES string of the molecule is CCOc1cccc(OCCC(C)(C)OCCCCC(C)(C)C(C)(C)OCC(COc2ccccc2)C(C)(C)OC(C)=O)c1. The number of para-hydroxylation sites is 1. The van der Waals surface area contributed by atoms with Crippen LogP contribution in [0.15, 0.2) is 54.6 Å². The molecule has 0 heterocycles. The quantitative estimate of drug-likeness (QED) is 0.103. The van der Waals surface area contributed by atoms with Gasteiger partial charge < -0.3 is 28.4 Å². The summed E-state index contributed by atoms with van der Waals surface area (Å²) in [5.74, 6) is 1.93. The Labute approximate surface area is 266 Å². The average Bonchev–Trinajstić information content (AvgIpc) is 2.92. The number of carbonyl (C=O) groups excluding carboxylic acids is 1. The summed E-state index contributed by atoms with van der Waals surface area (Å²) in [5, 5.41) is 0. The van der Waals surface area contributed by atoms with Gasteiger partial charge in [-0.2, -0.15) is 0 Å². The molecule has 0 aliphatic rings.